The first-order chi connectivity index (χ1) is 11.0. The number of fused-ring (bicyclic) bond motifs is 1. The summed E-state index contributed by atoms with van der Waals surface area (Å²) < 4.78 is 1.85. The molecule has 2 aromatic rings. The molecule has 0 radical (unpaired) electrons. The third kappa shape index (κ3) is 2.81. The van der Waals surface area contributed by atoms with Gasteiger partial charge in [0.15, 0.2) is 0 Å². The van der Waals surface area contributed by atoms with Gasteiger partial charge in [-0.15, -0.1) is 0 Å². The molecule has 0 saturated heterocycles. The maximum absolute atomic E-state index is 12.7. The third-order valence-electron chi connectivity index (χ3n) is 4.18. The Morgan fingerprint density at radius 3 is 2.87 bits per heavy atom. The number of nitro groups is 1. The Morgan fingerprint density at radius 1 is 1.35 bits per heavy atom. The lowest BCUT2D eigenvalue weighted by Gasteiger charge is -2.37. The van der Waals surface area contributed by atoms with Crippen molar-refractivity contribution >= 4 is 17.4 Å². The quantitative estimate of drug-likeness (QED) is 0.644. The number of nitrogens with zero attached hydrogens (tertiary/aromatic N) is 4. The average molecular weight is 314 g/mol. The molecule has 0 fully saturated rings. The maximum Gasteiger partial charge on any atom is 0.269 e. The SMILES string of the molecule is C[C@@H]1C[C@H](C)N(C(=O)Cc2cccc([N+](=O)[O-])c2)c2ccnn21. The molecule has 0 aliphatic carbocycles. The molecule has 2 atom stereocenters. The number of carbonyl (C=O) groups excluding carboxylic acids is 1. The number of amides is 1. The van der Waals surface area contributed by atoms with Crippen LogP contribution >= 0.6 is 0 Å². The Balaban J connectivity index is 1.85. The molecule has 1 aromatic carbocycles. The van der Waals surface area contributed by atoms with Crippen LogP contribution in [0.25, 0.3) is 0 Å². The fourth-order valence-corrected chi connectivity index (χ4v) is 3.18. The normalized spacial score (nSPS) is 20.2. The van der Waals surface area contributed by atoms with Gasteiger partial charge in [0.25, 0.3) is 5.69 Å². The first-order valence-electron chi connectivity index (χ1n) is 7.56. The lowest BCUT2D eigenvalue weighted by atomic mass is 10.0. The lowest BCUT2D eigenvalue weighted by molar-refractivity contribution is -0.384. The number of nitro benzene ring substituents is 1. The molecular weight excluding hydrogens is 296 g/mol. The van der Waals surface area contributed by atoms with Crippen molar-refractivity contribution in [1.29, 1.82) is 0 Å². The van der Waals surface area contributed by atoms with Gasteiger partial charge >= 0.3 is 0 Å². The number of benzene rings is 1. The van der Waals surface area contributed by atoms with Crippen LogP contribution in [-0.4, -0.2) is 26.7 Å². The van der Waals surface area contributed by atoms with Crippen LogP contribution in [-0.2, 0) is 11.2 Å². The highest BCUT2D eigenvalue weighted by Gasteiger charge is 2.32. The minimum Gasteiger partial charge on any atom is -0.294 e. The van der Waals surface area contributed by atoms with Crippen molar-refractivity contribution in [2.45, 2.75) is 38.8 Å². The van der Waals surface area contributed by atoms with Crippen LogP contribution in [0.15, 0.2) is 36.5 Å². The second-order valence-electron chi connectivity index (χ2n) is 5.94. The molecule has 7 heteroatoms. The lowest BCUT2D eigenvalue weighted by Crippen LogP contribution is -2.45. The van der Waals surface area contributed by atoms with E-state index in [1.807, 2.05) is 17.7 Å². The second-order valence-corrected chi connectivity index (χ2v) is 5.94. The zero-order valence-electron chi connectivity index (χ0n) is 13.0. The highest BCUT2D eigenvalue weighted by molar-refractivity contribution is 5.94. The van der Waals surface area contributed by atoms with Gasteiger partial charge in [0.2, 0.25) is 5.91 Å². The van der Waals surface area contributed by atoms with Gasteiger partial charge in [-0.1, -0.05) is 12.1 Å². The highest BCUT2D eigenvalue weighted by atomic mass is 16.6. The van der Waals surface area contributed by atoms with Crippen molar-refractivity contribution in [3.8, 4) is 0 Å². The van der Waals surface area contributed by atoms with Crippen LogP contribution < -0.4 is 4.90 Å². The molecule has 1 amide bonds. The summed E-state index contributed by atoms with van der Waals surface area (Å²) in [5, 5.41) is 15.1. The average Bonchev–Trinajstić information content (AvgIpc) is 2.97. The number of carbonyl (C=O) groups is 1. The Labute approximate surface area is 133 Å². The number of anilines is 1. The van der Waals surface area contributed by atoms with Crippen LogP contribution in [0.5, 0.6) is 0 Å². The number of aromatic nitrogens is 2. The van der Waals surface area contributed by atoms with E-state index in [1.54, 1.807) is 23.2 Å². The van der Waals surface area contributed by atoms with E-state index in [9.17, 15) is 14.9 Å². The van der Waals surface area contributed by atoms with Crippen molar-refractivity contribution in [2.75, 3.05) is 4.90 Å². The van der Waals surface area contributed by atoms with Gasteiger partial charge in [-0.05, 0) is 25.8 Å². The second kappa shape index (κ2) is 5.83. The fourth-order valence-electron chi connectivity index (χ4n) is 3.18. The molecule has 0 spiro atoms. The predicted molar refractivity (Wildman–Crippen MR) is 85.3 cm³/mol. The molecule has 0 saturated carbocycles. The zero-order chi connectivity index (χ0) is 16.6. The molecule has 23 heavy (non-hydrogen) atoms. The zero-order valence-corrected chi connectivity index (χ0v) is 13.0. The first kappa shape index (κ1) is 15.2. The third-order valence-corrected chi connectivity index (χ3v) is 4.18. The first-order valence-corrected chi connectivity index (χ1v) is 7.56. The number of rotatable bonds is 3. The summed E-state index contributed by atoms with van der Waals surface area (Å²) in [4.78, 5) is 24.9. The number of non-ortho nitro benzene ring substituents is 1. The molecule has 1 aromatic heterocycles. The van der Waals surface area contributed by atoms with Crippen LogP contribution in [0.3, 0.4) is 0 Å². The van der Waals surface area contributed by atoms with Crippen molar-refractivity contribution in [2.24, 2.45) is 0 Å². The highest BCUT2D eigenvalue weighted by Crippen LogP contribution is 2.31. The van der Waals surface area contributed by atoms with Crippen LogP contribution in [0.2, 0.25) is 0 Å². The van der Waals surface area contributed by atoms with Gasteiger partial charge in [0.1, 0.15) is 5.82 Å². The van der Waals surface area contributed by atoms with E-state index in [-0.39, 0.29) is 30.1 Å². The largest absolute Gasteiger partial charge is 0.294 e. The minimum atomic E-state index is -0.450. The van der Waals surface area contributed by atoms with Gasteiger partial charge in [-0.25, -0.2) is 4.68 Å². The summed E-state index contributed by atoms with van der Waals surface area (Å²) in [7, 11) is 0. The molecule has 2 heterocycles. The Morgan fingerprint density at radius 2 is 2.13 bits per heavy atom. The van der Waals surface area contributed by atoms with Gasteiger partial charge in [0, 0.05) is 24.2 Å². The molecule has 1 aliphatic rings. The number of hydrogen-bond donors (Lipinski definition) is 0. The Hall–Kier alpha value is -2.70. The smallest absolute Gasteiger partial charge is 0.269 e. The topological polar surface area (TPSA) is 81.3 Å². The van der Waals surface area contributed by atoms with Crippen molar-refractivity contribution in [3.05, 3.63) is 52.2 Å². The summed E-state index contributed by atoms with van der Waals surface area (Å²) in [5.41, 5.74) is 0.641. The summed E-state index contributed by atoms with van der Waals surface area (Å²) >= 11 is 0. The Kier molecular flexibility index (Phi) is 3.85. The monoisotopic (exact) mass is 314 g/mol. The van der Waals surface area contributed by atoms with Crippen molar-refractivity contribution in [1.82, 2.24) is 9.78 Å². The molecular formula is C16H18N4O3. The van der Waals surface area contributed by atoms with Gasteiger partial charge in [-0.3, -0.25) is 19.8 Å². The number of hydrogen-bond acceptors (Lipinski definition) is 4. The van der Waals surface area contributed by atoms with Crippen molar-refractivity contribution in [3.63, 3.8) is 0 Å². The summed E-state index contributed by atoms with van der Waals surface area (Å²) in [6.07, 6.45) is 2.65. The fraction of sp³-hybridized carbons (Fsp3) is 0.375. The van der Waals surface area contributed by atoms with Gasteiger partial charge in [-0.2, -0.15) is 5.10 Å². The van der Waals surface area contributed by atoms with Crippen LogP contribution in [0, 0.1) is 10.1 Å². The Bertz CT molecular complexity index is 755. The summed E-state index contributed by atoms with van der Waals surface area (Å²) in [6, 6.07) is 8.36. The van der Waals surface area contributed by atoms with Crippen LogP contribution in [0.1, 0.15) is 31.9 Å². The van der Waals surface area contributed by atoms with E-state index < -0.39 is 4.92 Å². The molecule has 1 aliphatic heterocycles. The summed E-state index contributed by atoms with van der Waals surface area (Å²) in [6.45, 7) is 4.09. The van der Waals surface area contributed by atoms with Crippen molar-refractivity contribution < 1.29 is 9.72 Å². The van der Waals surface area contributed by atoms with E-state index >= 15 is 0 Å². The van der Waals surface area contributed by atoms with E-state index in [0.29, 0.717) is 5.56 Å². The molecule has 0 bridgehead atoms. The summed E-state index contributed by atoms with van der Waals surface area (Å²) in [5.74, 6) is 0.707. The molecule has 0 unspecified atom stereocenters. The van der Waals surface area contributed by atoms with Gasteiger partial charge < -0.3 is 0 Å². The van der Waals surface area contributed by atoms with E-state index in [4.69, 9.17) is 0 Å². The van der Waals surface area contributed by atoms with Gasteiger partial charge in [0.05, 0.1) is 23.6 Å². The molecule has 7 nitrogen and oxygen atoms in total. The van der Waals surface area contributed by atoms with E-state index in [2.05, 4.69) is 12.0 Å². The standard InChI is InChI=1S/C16H18N4O3/c1-11-8-12(2)19-15(6-7-17-19)18(11)16(21)10-13-4-3-5-14(9-13)20(22)23/h3-7,9,11-12H,8,10H2,1-2H3/t11-,12+/m0/s1. The minimum absolute atomic E-state index is 0.000608. The van der Waals surface area contributed by atoms with Crippen LogP contribution in [0.4, 0.5) is 11.5 Å². The molecule has 0 N–H and O–H groups in total. The maximum atomic E-state index is 12.7. The molecule has 120 valence electrons. The van der Waals surface area contributed by atoms with E-state index in [0.717, 1.165) is 12.2 Å². The predicted octanol–water partition coefficient (Wildman–Crippen LogP) is 2.72. The van der Waals surface area contributed by atoms with E-state index in [1.165, 1.54) is 12.1 Å². The molecule has 3 rings (SSSR count).